The van der Waals surface area contributed by atoms with E-state index in [1.54, 1.807) is 19.1 Å². The zero-order valence-corrected chi connectivity index (χ0v) is 11.1. The number of hydrogen-bond donors (Lipinski definition) is 1. The van der Waals surface area contributed by atoms with Crippen LogP contribution in [0, 0.1) is 6.92 Å². The number of aryl methyl sites for hydroxylation is 1. The summed E-state index contributed by atoms with van der Waals surface area (Å²) in [5.74, 6) is -0.0158. The first-order valence-corrected chi connectivity index (χ1v) is 6.17. The minimum Gasteiger partial charge on any atom is -0.354 e. The van der Waals surface area contributed by atoms with Crippen molar-refractivity contribution in [1.29, 1.82) is 0 Å². The fraction of sp³-hybridized carbons (Fsp3) is 0.286. The Hall–Kier alpha value is -2.11. The third-order valence-corrected chi connectivity index (χ3v) is 2.70. The highest BCUT2D eigenvalue weighted by Gasteiger charge is 2.33. The maximum Gasteiger partial charge on any atom is 0.433 e. The van der Waals surface area contributed by atoms with Crippen LogP contribution in [0.1, 0.15) is 18.2 Å². The van der Waals surface area contributed by atoms with Gasteiger partial charge in [-0.15, -0.1) is 0 Å². The van der Waals surface area contributed by atoms with Gasteiger partial charge in [0, 0.05) is 12.1 Å². The van der Waals surface area contributed by atoms with E-state index < -0.39 is 11.9 Å². The first kappa shape index (κ1) is 14.3. The van der Waals surface area contributed by atoms with E-state index in [4.69, 9.17) is 0 Å². The molecule has 0 fully saturated rings. The molecule has 2 aromatic rings. The van der Waals surface area contributed by atoms with Crippen LogP contribution in [0.25, 0.3) is 11.3 Å². The Morgan fingerprint density at radius 3 is 2.30 bits per heavy atom. The minimum atomic E-state index is -4.49. The van der Waals surface area contributed by atoms with Crippen molar-refractivity contribution in [2.45, 2.75) is 20.0 Å². The molecule has 0 unspecified atom stereocenters. The van der Waals surface area contributed by atoms with Crippen molar-refractivity contribution in [3.63, 3.8) is 0 Å². The quantitative estimate of drug-likeness (QED) is 0.927. The smallest absolute Gasteiger partial charge is 0.354 e. The molecule has 0 atom stereocenters. The summed E-state index contributed by atoms with van der Waals surface area (Å²) in [6.07, 6.45) is -4.49. The summed E-state index contributed by atoms with van der Waals surface area (Å²) in [4.78, 5) is 7.60. The van der Waals surface area contributed by atoms with Crippen LogP contribution in [0.3, 0.4) is 0 Å². The predicted octanol–water partition coefficient (Wildman–Crippen LogP) is 3.90. The van der Waals surface area contributed by atoms with Crippen LogP contribution >= 0.6 is 0 Å². The number of anilines is 1. The summed E-state index contributed by atoms with van der Waals surface area (Å²) in [7, 11) is 0. The molecule has 2 rings (SSSR count). The molecule has 1 aromatic carbocycles. The van der Waals surface area contributed by atoms with E-state index in [9.17, 15) is 13.2 Å². The highest BCUT2D eigenvalue weighted by molar-refractivity contribution is 5.61. The number of nitrogens with zero attached hydrogens (tertiary/aromatic N) is 2. The number of halogens is 3. The molecule has 6 heteroatoms. The van der Waals surface area contributed by atoms with Crippen LogP contribution in [0.5, 0.6) is 0 Å². The van der Waals surface area contributed by atoms with Crippen molar-refractivity contribution in [2.75, 3.05) is 11.9 Å². The summed E-state index contributed by atoms with van der Waals surface area (Å²) in [5, 5.41) is 2.72. The molecule has 106 valence electrons. The van der Waals surface area contributed by atoms with Crippen molar-refractivity contribution in [3.05, 3.63) is 41.6 Å². The summed E-state index contributed by atoms with van der Waals surface area (Å²) in [5.41, 5.74) is 0.968. The predicted molar refractivity (Wildman–Crippen MR) is 71.4 cm³/mol. The first-order valence-electron chi connectivity index (χ1n) is 6.17. The van der Waals surface area contributed by atoms with Gasteiger partial charge in [-0.05, 0) is 19.9 Å². The largest absolute Gasteiger partial charge is 0.433 e. The SMILES string of the molecule is CCNc1nc(-c2ccc(C)cc2)cc(C(F)(F)F)n1. The van der Waals surface area contributed by atoms with Crippen molar-refractivity contribution in [1.82, 2.24) is 9.97 Å². The molecule has 1 aromatic heterocycles. The van der Waals surface area contributed by atoms with Gasteiger partial charge in [0.15, 0.2) is 5.69 Å². The van der Waals surface area contributed by atoms with Crippen LogP contribution in [0.15, 0.2) is 30.3 Å². The molecular formula is C14H14F3N3. The Kier molecular flexibility index (Phi) is 3.92. The Labute approximate surface area is 114 Å². The lowest BCUT2D eigenvalue weighted by molar-refractivity contribution is -0.141. The molecule has 0 spiro atoms. The molecule has 3 nitrogen and oxygen atoms in total. The maximum absolute atomic E-state index is 12.8. The van der Waals surface area contributed by atoms with E-state index in [-0.39, 0.29) is 11.6 Å². The monoisotopic (exact) mass is 281 g/mol. The van der Waals surface area contributed by atoms with Gasteiger partial charge in [0.05, 0.1) is 5.69 Å². The molecule has 20 heavy (non-hydrogen) atoms. The third kappa shape index (κ3) is 3.26. The molecule has 0 bridgehead atoms. The molecule has 0 radical (unpaired) electrons. The van der Waals surface area contributed by atoms with Crippen LogP contribution in [-0.2, 0) is 6.18 Å². The highest BCUT2D eigenvalue weighted by atomic mass is 19.4. The lowest BCUT2D eigenvalue weighted by Crippen LogP contribution is -2.12. The van der Waals surface area contributed by atoms with Gasteiger partial charge in [-0.3, -0.25) is 0 Å². The van der Waals surface area contributed by atoms with E-state index in [0.717, 1.165) is 11.6 Å². The number of nitrogens with one attached hydrogen (secondary N) is 1. The van der Waals surface area contributed by atoms with Gasteiger partial charge in [-0.1, -0.05) is 29.8 Å². The van der Waals surface area contributed by atoms with Crippen molar-refractivity contribution in [3.8, 4) is 11.3 Å². The Morgan fingerprint density at radius 1 is 1.10 bits per heavy atom. The number of rotatable bonds is 3. The average Bonchev–Trinajstić information content (AvgIpc) is 2.38. The van der Waals surface area contributed by atoms with Crippen LogP contribution < -0.4 is 5.32 Å². The Balaban J connectivity index is 2.51. The van der Waals surface area contributed by atoms with E-state index in [0.29, 0.717) is 12.1 Å². The summed E-state index contributed by atoms with van der Waals surface area (Å²) in [6.45, 7) is 4.14. The number of benzene rings is 1. The zero-order chi connectivity index (χ0) is 14.8. The van der Waals surface area contributed by atoms with Gasteiger partial charge < -0.3 is 5.32 Å². The van der Waals surface area contributed by atoms with E-state index in [2.05, 4.69) is 15.3 Å². The van der Waals surface area contributed by atoms with Crippen LogP contribution in [0.2, 0.25) is 0 Å². The van der Waals surface area contributed by atoms with Crippen LogP contribution in [0.4, 0.5) is 19.1 Å². The lowest BCUT2D eigenvalue weighted by Gasteiger charge is -2.11. The Bertz CT molecular complexity index is 592. The second kappa shape index (κ2) is 5.48. The van der Waals surface area contributed by atoms with Crippen molar-refractivity contribution >= 4 is 5.95 Å². The van der Waals surface area contributed by atoms with Gasteiger partial charge in [0.2, 0.25) is 5.95 Å². The number of aromatic nitrogens is 2. The number of hydrogen-bond acceptors (Lipinski definition) is 3. The normalized spacial score (nSPS) is 11.4. The molecule has 1 N–H and O–H groups in total. The lowest BCUT2D eigenvalue weighted by atomic mass is 10.1. The second-order valence-corrected chi connectivity index (χ2v) is 4.36. The summed E-state index contributed by atoms with van der Waals surface area (Å²) >= 11 is 0. The molecule has 0 amide bonds. The molecule has 0 saturated heterocycles. The first-order chi connectivity index (χ1) is 9.40. The van der Waals surface area contributed by atoms with Crippen molar-refractivity contribution in [2.24, 2.45) is 0 Å². The molecule has 0 aliphatic rings. The fourth-order valence-electron chi connectivity index (χ4n) is 1.70. The molecular weight excluding hydrogens is 267 g/mol. The Morgan fingerprint density at radius 2 is 1.75 bits per heavy atom. The molecule has 0 saturated carbocycles. The third-order valence-electron chi connectivity index (χ3n) is 2.70. The summed E-state index contributed by atoms with van der Waals surface area (Å²) in [6, 6.07) is 8.11. The molecule has 1 heterocycles. The van der Waals surface area contributed by atoms with Gasteiger partial charge in [-0.25, -0.2) is 9.97 Å². The van der Waals surface area contributed by atoms with Gasteiger partial charge in [0.1, 0.15) is 0 Å². The van der Waals surface area contributed by atoms with Gasteiger partial charge >= 0.3 is 6.18 Å². The standard InChI is InChI=1S/C14H14F3N3/c1-3-18-13-19-11(8-12(20-13)14(15,16)17)10-6-4-9(2)5-7-10/h4-8H,3H2,1-2H3,(H,18,19,20). The highest BCUT2D eigenvalue weighted by Crippen LogP contribution is 2.31. The van der Waals surface area contributed by atoms with Gasteiger partial charge in [0.25, 0.3) is 0 Å². The topological polar surface area (TPSA) is 37.8 Å². The second-order valence-electron chi connectivity index (χ2n) is 4.36. The average molecular weight is 281 g/mol. The molecule has 0 aliphatic heterocycles. The van der Waals surface area contributed by atoms with E-state index >= 15 is 0 Å². The fourth-order valence-corrected chi connectivity index (χ4v) is 1.70. The van der Waals surface area contributed by atoms with Gasteiger partial charge in [-0.2, -0.15) is 13.2 Å². The van der Waals surface area contributed by atoms with Crippen LogP contribution in [-0.4, -0.2) is 16.5 Å². The zero-order valence-electron chi connectivity index (χ0n) is 11.1. The minimum absolute atomic E-state index is 0.0158. The summed E-state index contributed by atoms with van der Waals surface area (Å²) < 4.78 is 38.5. The van der Waals surface area contributed by atoms with E-state index in [1.807, 2.05) is 19.1 Å². The molecule has 0 aliphatic carbocycles. The number of alkyl halides is 3. The maximum atomic E-state index is 12.8. The van der Waals surface area contributed by atoms with Crippen molar-refractivity contribution < 1.29 is 13.2 Å². The van der Waals surface area contributed by atoms with E-state index in [1.165, 1.54) is 0 Å².